The molecule has 0 bridgehead atoms. The Morgan fingerprint density at radius 3 is 2.67 bits per heavy atom. The average Bonchev–Trinajstić information content (AvgIpc) is 3.53. The van der Waals surface area contributed by atoms with Gasteiger partial charge in [0, 0.05) is 30.1 Å². The molecule has 0 atom stereocenters. The highest BCUT2D eigenvalue weighted by Gasteiger charge is 2.24. The first kappa shape index (κ1) is 20.0. The molecule has 8 heteroatoms. The first-order valence-electron chi connectivity index (χ1n) is 9.48. The molecule has 1 aliphatic rings. The van der Waals surface area contributed by atoms with Gasteiger partial charge in [-0.2, -0.15) is 0 Å². The Balaban J connectivity index is 1.60. The van der Waals surface area contributed by atoms with Crippen LogP contribution in [-0.4, -0.2) is 23.9 Å². The molecule has 1 aromatic heterocycles. The number of carbonyl (C=O) groups excluding carboxylic acids is 2. The number of benzene rings is 2. The van der Waals surface area contributed by atoms with E-state index in [9.17, 15) is 9.59 Å². The van der Waals surface area contributed by atoms with Crippen LogP contribution in [0.2, 0.25) is 5.02 Å². The van der Waals surface area contributed by atoms with E-state index in [0.29, 0.717) is 51.2 Å². The number of aromatic nitrogens is 1. The molecule has 154 valence electrons. The number of hydrogen-bond donors (Lipinski definition) is 2. The zero-order chi connectivity index (χ0) is 21.3. The third kappa shape index (κ3) is 4.31. The largest absolute Gasteiger partial charge is 0.496 e. The smallest absolute Gasteiger partial charge is 0.252 e. The summed E-state index contributed by atoms with van der Waals surface area (Å²) in [5.41, 5.74) is 6.82. The van der Waals surface area contributed by atoms with E-state index in [2.05, 4.69) is 10.3 Å². The number of methoxy groups -OCH3 is 1. The lowest BCUT2D eigenvalue weighted by atomic mass is 10.1. The van der Waals surface area contributed by atoms with Crippen molar-refractivity contribution in [3.63, 3.8) is 0 Å². The molecule has 0 radical (unpaired) electrons. The summed E-state index contributed by atoms with van der Waals surface area (Å²) in [5, 5.41) is 3.80. The number of ether oxygens (including phenoxy) is 2. The molecule has 1 fully saturated rings. The first-order valence-corrected chi connectivity index (χ1v) is 9.86. The van der Waals surface area contributed by atoms with Gasteiger partial charge in [-0.05, 0) is 43.0 Å². The van der Waals surface area contributed by atoms with Crippen molar-refractivity contribution in [2.24, 2.45) is 11.7 Å². The molecular weight excluding hydrogens is 406 g/mol. The van der Waals surface area contributed by atoms with Gasteiger partial charge in [-0.15, -0.1) is 0 Å². The molecule has 7 nitrogen and oxygen atoms in total. The van der Waals surface area contributed by atoms with Crippen LogP contribution in [0.1, 0.15) is 29.6 Å². The van der Waals surface area contributed by atoms with Crippen molar-refractivity contribution < 1.29 is 19.1 Å². The minimum Gasteiger partial charge on any atom is -0.496 e. The van der Waals surface area contributed by atoms with Crippen molar-refractivity contribution in [2.45, 2.75) is 19.3 Å². The highest BCUT2D eigenvalue weighted by Crippen LogP contribution is 2.36. The summed E-state index contributed by atoms with van der Waals surface area (Å²) >= 11 is 6.33. The van der Waals surface area contributed by atoms with Gasteiger partial charge < -0.3 is 20.5 Å². The molecule has 0 saturated heterocycles. The number of amides is 2. The Labute approximate surface area is 178 Å². The van der Waals surface area contributed by atoms with Crippen molar-refractivity contribution in [3.05, 3.63) is 53.2 Å². The Bertz CT molecular complexity index is 1140. The number of pyridine rings is 1. The average molecular weight is 426 g/mol. The second kappa shape index (κ2) is 8.20. The lowest BCUT2D eigenvalue weighted by Crippen LogP contribution is -2.12. The summed E-state index contributed by atoms with van der Waals surface area (Å²) in [5.74, 6) is 1.14. The van der Waals surface area contributed by atoms with Crippen LogP contribution in [0.3, 0.4) is 0 Å². The Kier molecular flexibility index (Phi) is 5.46. The standard InChI is InChI=1S/C22H20ClN3O4/c1-29-20-11-18-14(10-15(20)22(24)28)19(6-7-25-18)30-13-4-5-17(16(23)9-13)26-21(27)8-12-2-3-12/h4-7,9-12H,2-3,8H2,1H3,(H2,24,28)(H,26,27). The fourth-order valence-electron chi connectivity index (χ4n) is 3.17. The maximum atomic E-state index is 12.0. The van der Waals surface area contributed by atoms with Crippen molar-refractivity contribution in [1.82, 2.24) is 4.98 Å². The topological polar surface area (TPSA) is 104 Å². The molecule has 4 rings (SSSR count). The van der Waals surface area contributed by atoms with Crippen LogP contribution in [0.4, 0.5) is 5.69 Å². The monoisotopic (exact) mass is 425 g/mol. The number of carbonyl (C=O) groups is 2. The lowest BCUT2D eigenvalue weighted by molar-refractivity contribution is -0.116. The second-order valence-corrected chi connectivity index (χ2v) is 7.59. The van der Waals surface area contributed by atoms with Crippen molar-refractivity contribution in [2.75, 3.05) is 12.4 Å². The van der Waals surface area contributed by atoms with Gasteiger partial charge in [0.15, 0.2) is 0 Å². The van der Waals surface area contributed by atoms with Crippen LogP contribution in [0, 0.1) is 5.92 Å². The number of nitrogens with zero attached hydrogens (tertiary/aromatic N) is 1. The highest BCUT2D eigenvalue weighted by atomic mass is 35.5. The van der Waals surface area contributed by atoms with Crippen molar-refractivity contribution >= 4 is 40.0 Å². The summed E-state index contributed by atoms with van der Waals surface area (Å²) in [4.78, 5) is 28.1. The molecule has 3 N–H and O–H groups in total. The molecule has 3 aromatic rings. The number of anilines is 1. The van der Waals surface area contributed by atoms with E-state index in [0.717, 1.165) is 12.8 Å². The highest BCUT2D eigenvalue weighted by molar-refractivity contribution is 6.33. The van der Waals surface area contributed by atoms with Gasteiger partial charge in [0.1, 0.15) is 17.2 Å². The molecule has 30 heavy (non-hydrogen) atoms. The van der Waals surface area contributed by atoms with Gasteiger partial charge >= 0.3 is 0 Å². The van der Waals surface area contributed by atoms with Crippen LogP contribution >= 0.6 is 11.6 Å². The second-order valence-electron chi connectivity index (χ2n) is 7.18. The summed E-state index contributed by atoms with van der Waals surface area (Å²) in [6, 6.07) is 9.94. The molecule has 1 aliphatic carbocycles. The zero-order valence-corrected chi connectivity index (χ0v) is 17.0. The predicted molar refractivity (Wildman–Crippen MR) is 114 cm³/mol. The third-order valence-electron chi connectivity index (χ3n) is 4.90. The normalized spacial score (nSPS) is 13.1. The minimum absolute atomic E-state index is 0.0406. The Morgan fingerprint density at radius 2 is 2.00 bits per heavy atom. The minimum atomic E-state index is -0.613. The fraction of sp³-hybridized carbons (Fsp3) is 0.227. The number of halogens is 1. The fourth-order valence-corrected chi connectivity index (χ4v) is 3.39. The number of fused-ring (bicyclic) bond motifs is 1. The molecule has 2 amide bonds. The van der Waals surface area contributed by atoms with Crippen LogP contribution in [0.15, 0.2) is 42.6 Å². The molecule has 0 aliphatic heterocycles. The van der Waals surface area contributed by atoms with E-state index in [1.165, 1.54) is 7.11 Å². The summed E-state index contributed by atoms with van der Waals surface area (Å²) in [6.45, 7) is 0. The zero-order valence-electron chi connectivity index (χ0n) is 16.3. The predicted octanol–water partition coefficient (Wildman–Crippen LogP) is 4.53. The van der Waals surface area contributed by atoms with E-state index >= 15 is 0 Å². The van der Waals surface area contributed by atoms with Gasteiger partial charge in [-0.1, -0.05) is 11.6 Å². The van der Waals surface area contributed by atoms with E-state index in [4.69, 9.17) is 26.8 Å². The Hall–Kier alpha value is -3.32. The molecule has 0 unspecified atom stereocenters. The van der Waals surface area contributed by atoms with Crippen LogP contribution in [0.5, 0.6) is 17.2 Å². The summed E-state index contributed by atoms with van der Waals surface area (Å²) < 4.78 is 11.2. The molecule has 1 heterocycles. The maximum Gasteiger partial charge on any atom is 0.252 e. The van der Waals surface area contributed by atoms with Crippen LogP contribution < -0.4 is 20.5 Å². The lowest BCUT2D eigenvalue weighted by Gasteiger charge is -2.13. The summed E-state index contributed by atoms with van der Waals surface area (Å²) in [6.07, 6.45) is 4.33. The quantitative estimate of drug-likeness (QED) is 0.578. The van der Waals surface area contributed by atoms with Gasteiger partial charge in [0.25, 0.3) is 5.91 Å². The first-order chi connectivity index (χ1) is 14.4. The van der Waals surface area contributed by atoms with E-state index in [-0.39, 0.29) is 11.5 Å². The molecular formula is C22H20ClN3O4. The molecule has 2 aromatic carbocycles. The van der Waals surface area contributed by atoms with Crippen molar-refractivity contribution in [3.8, 4) is 17.2 Å². The number of hydrogen-bond acceptors (Lipinski definition) is 5. The van der Waals surface area contributed by atoms with Crippen LogP contribution in [-0.2, 0) is 4.79 Å². The molecule has 0 spiro atoms. The van der Waals surface area contributed by atoms with Crippen LogP contribution in [0.25, 0.3) is 10.9 Å². The summed E-state index contributed by atoms with van der Waals surface area (Å²) in [7, 11) is 1.46. The number of primary amides is 1. The van der Waals surface area contributed by atoms with Gasteiger partial charge in [-0.3, -0.25) is 14.6 Å². The number of rotatable bonds is 7. The van der Waals surface area contributed by atoms with E-state index in [1.54, 1.807) is 42.6 Å². The Morgan fingerprint density at radius 1 is 1.20 bits per heavy atom. The van der Waals surface area contributed by atoms with E-state index < -0.39 is 5.91 Å². The third-order valence-corrected chi connectivity index (χ3v) is 5.21. The SMILES string of the molecule is COc1cc2nccc(Oc3ccc(NC(=O)CC4CC4)c(Cl)c3)c2cc1C(N)=O. The number of nitrogens with two attached hydrogens (primary N) is 1. The van der Waals surface area contributed by atoms with Crippen molar-refractivity contribution in [1.29, 1.82) is 0 Å². The van der Waals surface area contributed by atoms with E-state index in [1.807, 2.05) is 0 Å². The number of nitrogens with one attached hydrogen (secondary N) is 1. The van der Waals surface area contributed by atoms with Gasteiger partial charge in [0.05, 0.1) is 28.9 Å². The van der Waals surface area contributed by atoms with Gasteiger partial charge in [-0.25, -0.2) is 0 Å². The maximum absolute atomic E-state index is 12.0. The van der Waals surface area contributed by atoms with Gasteiger partial charge in [0.2, 0.25) is 5.91 Å². The molecule has 1 saturated carbocycles.